The highest BCUT2D eigenvalue weighted by Gasteiger charge is 2.36. The minimum Gasteiger partial charge on any atom is -0.370 e. The van der Waals surface area contributed by atoms with Crippen molar-refractivity contribution in [3.8, 4) is 17.3 Å². The summed E-state index contributed by atoms with van der Waals surface area (Å²) in [4.78, 5) is 21.9. The van der Waals surface area contributed by atoms with Crippen LogP contribution >= 0.6 is 0 Å². The van der Waals surface area contributed by atoms with Gasteiger partial charge in [-0.15, -0.1) is 0 Å². The molecule has 0 bridgehead atoms. The smallest absolute Gasteiger partial charge is 0.273 e. The third-order valence-electron chi connectivity index (χ3n) is 8.50. The van der Waals surface area contributed by atoms with Crippen LogP contribution in [0.25, 0.3) is 16.9 Å². The first-order valence-corrected chi connectivity index (χ1v) is 13.8. The Bertz CT molecular complexity index is 1690. The van der Waals surface area contributed by atoms with E-state index in [2.05, 4.69) is 11.1 Å². The van der Waals surface area contributed by atoms with E-state index in [0.29, 0.717) is 29.0 Å². The molecule has 0 radical (unpaired) electrons. The minimum absolute atomic E-state index is 0.0309. The Morgan fingerprint density at radius 2 is 1.85 bits per heavy atom. The summed E-state index contributed by atoms with van der Waals surface area (Å²) >= 11 is 0. The Labute approximate surface area is 230 Å². The van der Waals surface area contributed by atoms with Crippen LogP contribution in [0.4, 0.5) is 14.5 Å². The van der Waals surface area contributed by atoms with Crippen LogP contribution in [0.1, 0.15) is 71.6 Å². The average Bonchev–Trinajstić information content (AvgIpc) is 3.54. The summed E-state index contributed by atoms with van der Waals surface area (Å²) in [5.41, 5.74) is 4.53. The predicted octanol–water partition coefficient (Wildman–Crippen LogP) is 5.99. The lowest BCUT2D eigenvalue weighted by Gasteiger charge is -2.36. The zero-order valence-corrected chi connectivity index (χ0v) is 22.1. The number of carbonyl (C=O) groups is 1. The minimum atomic E-state index is -1.26. The largest absolute Gasteiger partial charge is 0.370 e. The maximum atomic E-state index is 15.4. The number of rotatable bonds is 4. The number of anilines is 1. The van der Waals surface area contributed by atoms with Gasteiger partial charge >= 0.3 is 0 Å². The molecule has 0 spiro atoms. The number of halogens is 2. The number of hydrogen-bond acceptors (Lipinski definition) is 5. The molecule has 2 fully saturated rings. The summed E-state index contributed by atoms with van der Waals surface area (Å²) in [7, 11) is 0. The highest BCUT2D eigenvalue weighted by molar-refractivity contribution is 5.93. The molecule has 1 saturated carbocycles. The molecular formula is C31H28F2N6O. The standard InChI is InChI=1S/C31H28F2N6O/c1-18-22-4-2-3-5-23(22)26(33)17-38(18)31(40)28-13-29(20-6-7-20)39-30(35-28)14-27(36-39)24-9-8-21(12-25(24)32)37-11-10-19(15-34)16-37/h2-5,8-9,12-14,18-20,26H,6-7,10-11,16-17H2,1H3/t18-,19?,26-/m1/s1. The van der Waals surface area contributed by atoms with E-state index in [1.165, 1.54) is 6.07 Å². The van der Waals surface area contributed by atoms with Gasteiger partial charge in [-0.3, -0.25) is 4.79 Å². The van der Waals surface area contributed by atoms with Crippen LogP contribution in [0.3, 0.4) is 0 Å². The van der Waals surface area contributed by atoms with Gasteiger partial charge in [-0.1, -0.05) is 24.3 Å². The lowest BCUT2D eigenvalue weighted by atomic mass is 9.92. The number of aromatic nitrogens is 3. The van der Waals surface area contributed by atoms with E-state index in [-0.39, 0.29) is 36.0 Å². The van der Waals surface area contributed by atoms with Crippen molar-refractivity contribution in [2.24, 2.45) is 5.92 Å². The number of benzene rings is 2. The Balaban J connectivity index is 1.23. The van der Waals surface area contributed by atoms with Gasteiger partial charge in [-0.2, -0.15) is 10.4 Å². The summed E-state index contributed by atoms with van der Waals surface area (Å²) in [6, 6.07) is 17.9. The lowest BCUT2D eigenvalue weighted by molar-refractivity contribution is 0.0585. The van der Waals surface area contributed by atoms with Crippen LogP contribution in [0.5, 0.6) is 0 Å². The van der Waals surface area contributed by atoms with Gasteiger partial charge in [0.25, 0.3) is 5.91 Å². The Morgan fingerprint density at radius 1 is 1.05 bits per heavy atom. The average molecular weight is 539 g/mol. The van der Waals surface area contributed by atoms with E-state index in [1.54, 1.807) is 33.7 Å². The Kier molecular flexibility index (Phi) is 5.81. The van der Waals surface area contributed by atoms with E-state index in [9.17, 15) is 10.1 Å². The molecule has 3 atom stereocenters. The summed E-state index contributed by atoms with van der Waals surface area (Å²) < 4.78 is 32.1. The van der Waals surface area contributed by atoms with Gasteiger partial charge in [-0.25, -0.2) is 18.3 Å². The first kappa shape index (κ1) is 24.7. The van der Waals surface area contributed by atoms with Crippen molar-refractivity contribution in [1.82, 2.24) is 19.5 Å². The van der Waals surface area contributed by atoms with Crippen molar-refractivity contribution in [3.05, 3.63) is 82.9 Å². The number of amides is 1. The normalized spacial score (nSPS) is 22.4. The van der Waals surface area contributed by atoms with Crippen molar-refractivity contribution < 1.29 is 13.6 Å². The fourth-order valence-electron chi connectivity index (χ4n) is 6.10. The van der Waals surface area contributed by atoms with Crippen LogP contribution in [-0.4, -0.2) is 45.0 Å². The molecule has 2 aliphatic heterocycles. The number of nitriles is 1. The molecule has 3 aliphatic rings. The van der Waals surface area contributed by atoms with E-state index in [0.717, 1.165) is 42.8 Å². The van der Waals surface area contributed by atoms with Crippen molar-refractivity contribution in [3.63, 3.8) is 0 Å². The third kappa shape index (κ3) is 4.10. The number of carbonyl (C=O) groups excluding carboxylic acids is 1. The van der Waals surface area contributed by atoms with Gasteiger partial charge in [0.15, 0.2) is 5.65 Å². The first-order chi connectivity index (χ1) is 19.4. The maximum absolute atomic E-state index is 15.4. The van der Waals surface area contributed by atoms with Crippen molar-refractivity contribution >= 4 is 17.2 Å². The van der Waals surface area contributed by atoms with Gasteiger partial charge in [-0.05, 0) is 61.6 Å². The molecule has 1 aliphatic carbocycles. The van der Waals surface area contributed by atoms with Crippen LogP contribution in [0.2, 0.25) is 0 Å². The predicted molar refractivity (Wildman–Crippen MR) is 146 cm³/mol. The molecule has 1 saturated heterocycles. The summed E-state index contributed by atoms with van der Waals surface area (Å²) in [6.45, 7) is 3.20. The molecular weight excluding hydrogens is 510 g/mol. The van der Waals surface area contributed by atoms with Crippen LogP contribution in [0, 0.1) is 23.1 Å². The molecule has 7 nitrogen and oxygen atoms in total. The number of alkyl halides is 1. The molecule has 40 heavy (non-hydrogen) atoms. The van der Waals surface area contributed by atoms with Crippen LogP contribution in [0.15, 0.2) is 54.6 Å². The molecule has 1 amide bonds. The quantitative estimate of drug-likeness (QED) is 0.319. The maximum Gasteiger partial charge on any atom is 0.273 e. The highest BCUT2D eigenvalue weighted by atomic mass is 19.1. The van der Waals surface area contributed by atoms with Crippen LogP contribution < -0.4 is 4.90 Å². The fraction of sp³-hybridized carbons (Fsp3) is 0.355. The number of hydrogen-bond donors (Lipinski definition) is 0. The lowest BCUT2D eigenvalue weighted by Crippen LogP contribution is -2.40. The zero-order valence-electron chi connectivity index (χ0n) is 22.1. The van der Waals surface area contributed by atoms with E-state index < -0.39 is 12.0 Å². The topological polar surface area (TPSA) is 77.5 Å². The van der Waals surface area contributed by atoms with Crippen molar-refractivity contribution in [1.29, 1.82) is 5.26 Å². The van der Waals surface area contributed by atoms with Gasteiger partial charge < -0.3 is 9.80 Å². The van der Waals surface area contributed by atoms with Crippen molar-refractivity contribution in [2.75, 3.05) is 24.5 Å². The Hall–Kier alpha value is -4.32. The van der Waals surface area contributed by atoms with Gasteiger partial charge in [0.2, 0.25) is 0 Å². The van der Waals surface area contributed by atoms with Crippen molar-refractivity contribution in [2.45, 2.75) is 44.3 Å². The third-order valence-corrected chi connectivity index (χ3v) is 8.50. The van der Waals surface area contributed by atoms with Gasteiger partial charge in [0.1, 0.15) is 17.7 Å². The molecule has 7 rings (SSSR count). The summed E-state index contributed by atoms with van der Waals surface area (Å²) in [5.74, 6) is -0.522. The summed E-state index contributed by atoms with van der Waals surface area (Å²) in [5, 5.41) is 13.9. The second-order valence-corrected chi connectivity index (χ2v) is 11.1. The zero-order chi connectivity index (χ0) is 27.5. The SMILES string of the molecule is C[C@@H]1c2ccccc2[C@H](F)CN1C(=O)c1cc(C2CC2)n2nc(-c3ccc(N4CCC(C#N)C4)cc3F)cc2n1. The van der Waals surface area contributed by atoms with Gasteiger partial charge in [0.05, 0.1) is 30.3 Å². The van der Waals surface area contributed by atoms with Gasteiger partial charge in [0, 0.05) is 42.0 Å². The molecule has 0 N–H and O–H groups in total. The molecule has 4 heterocycles. The molecule has 202 valence electrons. The second kappa shape index (κ2) is 9.40. The number of nitrogens with zero attached hydrogens (tertiary/aromatic N) is 6. The molecule has 2 aromatic heterocycles. The Morgan fingerprint density at radius 3 is 2.58 bits per heavy atom. The summed E-state index contributed by atoms with van der Waals surface area (Å²) in [6.07, 6.45) is 1.47. The highest BCUT2D eigenvalue weighted by Crippen LogP contribution is 2.42. The van der Waals surface area contributed by atoms with E-state index in [1.807, 2.05) is 36.1 Å². The molecule has 9 heteroatoms. The van der Waals surface area contributed by atoms with E-state index in [4.69, 9.17) is 5.10 Å². The molecule has 1 unspecified atom stereocenters. The van der Waals surface area contributed by atoms with E-state index >= 15 is 8.78 Å². The first-order valence-electron chi connectivity index (χ1n) is 13.8. The molecule has 2 aromatic carbocycles. The van der Waals surface area contributed by atoms with Crippen LogP contribution in [-0.2, 0) is 0 Å². The molecule has 4 aromatic rings. The monoisotopic (exact) mass is 538 g/mol. The number of fused-ring (bicyclic) bond motifs is 2. The fourth-order valence-corrected chi connectivity index (χ4v) is 6.10. The second-order valence-electron chi connectivity index (χ2n) is 11.1.